The molecule has 0 fully saturated rings. The van der Waals surface area contributed by atoms with Gasteiger partial charge >= 0.3 is 0 Å². The van der Waals surface area contributed by atoms with Crippen molar-refractivity contribution in [3.63, 3.8) is 0 Å². The van der Waals surface area contributed by atoms with Gasteiger partial charge in [0, 0.05) is 18.7 Å². The van der Waals surface area contributed by atoms with Crippen molar-refractivity contribution in [3.8, 4) is 11.1 Å². The van der Waals surface area contributed by atoms with Gasteiger partial charge in [-0.15, -0.1) is 12.4 Å². The second-order valence-electron chi connectivity index (χ2n) is 6.88. The van der Waals surface area contributed by atoms with Crippen LogP contribution in [0.25, 0.3) is 11.1 Å². The molecule has 0 bridgehead atoms. The SMILES string of the molecule is CCOC(C(=O)NCc1ccc(C(=N)N)cc1)c1c(F)cc(-c2ccccc2)cc1F.Cl. The second-order valence-corrected chi connectivity index (χ2v) is 6.88. The molecule has 0 aliphatic heterocycles. The van der Waals surface area contributed by atoms with Gasteiger partial charge in [-0.2, -0.15) is 0 Å². The fourth-order valence-corrected chi connectivity index (χ4v) is 3.17. The summed E-state index contributed by atoms with van der Waals surface area (Å²) in [6.07, 6.45) is -1.42. The number of nitrogens with one attached hydrogen (secondary N) is 2. The van der Waals surface area contributed by atoms with E-state index >= 15 is 0 Å². The molecule has 4 N–H and O–H groups in total. The van der Waals surface area contributed by atoms with Crippen molar-refractivity contribution in [2.45, 2.75) is 19.6 Å². The van der Waals surface area contributed by atoms with Crippen LogP contribution in [0.4, 0.5) is 8.78 Å². The van der Waals surface area contributed by atoms with Crippen molar-refractivity contribution in [2.24, 2.45) is 5.73 Å². The van der Waals surface area contributed by atoms with Crippen molar-refractivity contribution in [1.29, 1.82) is 5.41 Å². The lowest BCUT2D eigenvalue weighted by molar-refractivity contribution is -0.133. The number of amides is 1. The van der Waals surface area contributed by atoms with Gasteiger partial charge in [-0.3, -0.25) is 10.2 Å². The normalized spacial score (nSPS) is 11.3. The minimum Gasteiger partial charge on any atom is -0.384 e. The largest absolute Gasteiger partial charge is 0.384 e. The van der Waals surface area contributed by atoms with E-state index in [9.17, 15) is 13.6 Å². The lowest BCUT2D eigenvalue weighted by Crippen LogP contribution is -2.31. The molecule has 0 aliphatic rings. The molecule has 1 amide bonds. The molecule has 1 atom stereocenters. The van der Waals surface area contributed by atoms with E-state index in [-0.39, 0.29) is 31.4 Å². The van der Waals surface area contributed by atoms with E-state index in [0.717, 1.165) is 5.56 Å². The van der Waals surface area contributed by atoms with Gasteiger partial charge in [0.05, 0.1) is 5.56 Å². The Morgan fingerprint density at radius 3 is 2.16 bits per heavy atom. The summed E-state index contributed by atoms with van der Waals surface area (Å²) in [7, 11) is 0. The van der Waals surface area contributed by atoms with E-state index in [1.807, 2.05) is 6.07 Å². The Morgan fingerprint density at radius 1 is 1.03 bits per heavy atom. The van der Waals surface area contributed by atoms with E-state index in [1.54, 1.807) is 55.5 Å². The number of hydrogen-bond acceptors (Lipinski definition) is 3. The molecule has 3 rings (SSSR count). The number of hydrogen-bond donors (Lipinski definition) is 3. The van der Waals surface area contributed by atoms with Crippen LogP contribution in [0.1, 0.15) is 29.7 Å². The Balaban J connectivity index is 0.00000363. The number of nitrogen functional groups attached to an aromatic ring is 1. The molecule has 0 saturated carbocycles. The standard InChI is InChI=1S/C24H23F2N3O2.ClH/c1-2-31-22(24(30)29-14-15-8-10-17(11-9-15)23(27)28)21-19(25)12-18(13-20(21)26)16-6-4-3-5-7-16;/h3-13,22H,2,14H2,1H3,(H3,27,28)(H,29,30);1H. The molecule has 0 aromatic heterocycles. The van der Waals surface area contributed by atoms with Crippen molar-refractivity contribution in [1.82, 2.24) is 5.32 Å². The van der Waals surface area contributed by atoms with E-state index in [0.29, 0.717) is 16.7 Å². The summed E-state index contributed by atoms with van der Waals surface area (Å²) < 4.78 is 35.2. The van der Waals surface area contributed by atoms with E-state index < -0.39 is 29.2 Å². The summed E-state index contributed by atoms with van der Waals surface area (Å²) in [6, 6.07) is 18.0. The molecule has 0 radical (unpaired) electrons. The monoisotopic (exact) mass is 459 g/mol. The topological polar surface area (TPSA) is 88.2 Å². The number of benzene rings is 3. The van der Waals surface area contributed by atoms with Gasteiger partial charge < -0.3 is 15.8 Å². The molecule has 0 saturated heterocycles. The molecule has 0 heterocycles. The second kappa shape index (κ2) is 11.4. The van der Waals surface area contributed by atoms with Gasteiger partial charge in [0.25, 0.3) is 5.91 Å². The van der Waals surface area contributed by atoms with Crippen molar-refractivity contribution < 1.29 is 18.3 Å². The highest BCUT2D eigenvalue weighted by molar-refractivity contribution is 5.94. The zero-order chi connectivity index (χ0) is 22.4. The van der Waals surface area contributed by atoms with Crippen LogP contribution in [0.2, 0.25) is 0 Å². The van der Waals surface area contributed by atoms with Gasteiger partial charge in [0.1, 0.15) is 17.5 Å². The first kappa shape index (κ1) is 25.0. The maximum Gasteiger partial charge on any atom is 0.254 e. The number of halogens is 3. The van der Waals surface area contributed by atoms with E-state index in [4.69, 9.17) is 15.9 Å². The predicted molar refractivity (Wildman–Crippen MR) is 123 cm³/mol. The van der Waals surface area contributed by atoms with Crippen molar-refractivity contribution in [2.75, 3.05) is 6.61 Å². The Kier molecular flexibility index (Phi) is 8.87. The summed E-state index contributed by atoms with van der Waals surface area (Å²) in [6.45, 7) is 1.88. The van der Waals surface area contributed by atoms with Crippen LogP contribution in [0.5, 0.6) is 0 Å². The predicted octanol–water partition coefficient (Wildman–Crippen LogP) is 4.73. The summed E-state index contributed by atoms with van der Waals surface area (Å²) in [5.41, 5.74) is 7.35. The smallest absolute Gasteiger partial charge is 0.254 e. The number of amidine groups is 1. The molecule has 8 heteroatoms. The first-order chi connectivity index (χ1) is 14.9. The lowest BCUT2D eigenvalue weighted by Gasteiger charge is -2.19. The molecule has 3 aromatic carbocycles. The molecular weight excluding hydrogens is 436 g/mol. The maximum atomic E-state index is 14.9. The average Bonchev–Trinajstić information content (AvgIpc) is 2.77. The van der Waals surface area contributed by atoms with Crippen molar-refractivity contribution in [3.05, 3.63) is 95.1 Å². The highest BCUT2D eigenvalue weighted by atomic mass is 35.5. The minimum atomic E-state index is -1.42. The number of rotatable bonds is 8. The molecule has 168 valence electrons. The minimum absolute atomic E-state index is 0. The fraction of sp³-hybridized carbons (Fsp3) is 0.167. The number of carbonyl (C=O) groups is 1. The lowest BCUT2D eigenvalue weighted by atomic mass is 10.00. The number of carbonyl (C=O) groups excluding carboxylic acids is 1. The molecule has 0 aliphatic carbocycles. The summed E-state index contributed by atoms with van der Waals surface area (Å²) in [5, 5.41) is 10.1. The Labute approximate surface area is 191 Å². The Hall–Kier alpha value is -3.29. The van der Waals surface area contributed by atoms with Crippen LogP contribution in [0, 0.1) is 17.0 Å². The van der Waals surface area contributed by atoms with Gasteiger partial charge in [-0.05, 0) is 35.7 Å². The molecule has 0 spiro atoms. The first-order valence-corrected chi connectivity index (χ1v) is 9.77. The van der Waals surface area contributed by atoms with Gasteiger partial charge in [0.15, 0.2) is 6.10 Å². The molecule has 5 nitrogen and oxygen atoms in total. The third-order valence-corrected chi connectivity index (χ3v) is 4.75. The summed E-state index contributed by atoms with van der Waals surface area (Å²) >= 11 is 0. The van der Waals surface area contributed by atoms with Crippen LogP contribution in [-0.4, -0.2) is 18.3 Å². The van der Waals surface area contributed by atoms with Crippen LogP contribution in [0.3, 0.4) is 0 Å². The first-order valence-electron chi connectivity index (χ1n) is 9.77. The van der Waals surface area contributed by atoms with E-state index in [1.165, 1.54) is 12.1 Å². The van der Waals surface area contributed by atoms with Crippen LogP contribution >= 0.6 is 12.4 Å². The molecule has 1 unspecified atom stereocenters. The molecule has 32 heavy (non-hydrogen) atoms. The van der Waals surface area contributed by atoms with E-state index in [2.05, 4.69) is 5.32 Å². The summed E-state index contributed by atoms with van der Waals surface area (Å²) in [4.78, 5) is 12.7. The third-order valence-electron chi connectivity index (χ3n) is 4.75. The zero-order valence-electron chi connectivity index (χ0n) is 17.4. The zero-order valence-corrected chi connectivity index (χ0v) is 18.2. The average molecular weight is 460 g/mol. The van der Waals surface area contributed by atoms with Gasteiger partial charge in [-0.1, -0.05) is 54.6 Å². The fourth-order valence-electron chi connectivity index (χ4n) is 3.17. The third kappa shape index (κ3) is 5.90. The number of ether oxygens (including phenoxy) is 1. The van der Waals surface area contributed by atoms with Gasteiger partial charge in [0.2, 0.25) is 0 Å². The Bertz CT molecular complexity index is 1050. The van der Waals surface area contributed by atoms with Crippen LogP contribution in [0.15, 0.2) is 66.7 Å². The van der Waals surface area contributed by atoms with Crippen LogP contribution < -0.4 is 11.1 Å². The van der Waals surface area contributed by atoms with Gasteiger partial charge in [-0.25, -0.2) is 8.78 Å². The highest BCUT2D eigenvalue weighted by Gasteiger charge is 2.28. The Morgan fingerprint density at radius 2 is 1.62 bits per heavy atom. The molecular formula is C24H24ClF2N3O2. The quantitative estimate of drug-likeness (QED) is 0.336. The maximum absolute atomic E-state index is 14.9. The summed E-state index contributed by atoms with van der Waals surface area (Å²) in [5.74, 6) is -2.41. The van der Waals surface area contributed by atoms with Crippen molar-refractivity contribution >= 4 is 24.1 Å². The molecule has 3 aromatic rings. The highest BCUT2D eigenvalue weighted by Crippen LogP contribution is 2.30. The number of nitrogens with two attached hydrogens (primary N) is 1. The van der Waals surface area contributed by atoms with Crippen LogP contribution in [-0.2, 0) is 16.1 Å².